The summed E-state index contributed by atoms with van der Waals surface area (Å²) in [4.78, 5) is 49.5. The van der Waals surface area contributed by atoms with E-state index in [0.29, 0.717) is 0 Å². The van der Waals surface area contributed by atoms with Crippen LogP contribution in [-0.2, 0) is 65.0 Å². The molecule has 28 heteroatoms. The minimum absolute atomic E-state index is 0.00896. The lowest BCUT2D eigenvalue weighted by Gasteiger charge is -2.26. The first-order valence-corrected chi connectivity index (χ1v) is 21.7. The highest BCUT2D eigenvalue weighted by Gasteiger charge is 2.54. The number of nitrogen functional groups attached to an aromatic ring is 2. The van der Waals surface area contributed by atoms with Gasteiger partial charge in [0.25, 0.3) is 0 Å². The van der Waals surface area contributed by atoms with Crippen molar-refractivity contribution in [1.82, 2.24) is 39.0 Å². The van der Waals surface area contributed by atoms with Crippen molar-refractivity contribution in [2.75, 3.05) is 44.6 Å². The van der Waals surface area contributed by atoms with Gasteiger partial charge in [-0.2, -0.15) is 0 Å². The highest BCUT2D eigenvalue weighted by Crippen LogP contribution is 2.56. The molecule has 0 radical (unpaired) electrons. The van der Waals surface area contributed by atoms with Crippen LogP contribution in [0.4, 0.5) is 20.4 Å². The molecule has 0 aliphatic carbocycles. The minimum Gasteiger partial charge on any atom is -0.438 e. The maximum Gasteiger partial charge on any atom is 0.478 e. The van der Waals surface area contributed by atoms with Crippen molar-refractivity contribution in [1.29, 1.82) is 0 Å². The van der Waals surface area contributed by atoms with E-state index in [0.717, 1.165) is 17.2 Å². The molecule has 4 aromatic rings. The van der Waals surface area contributed by atoms with Crippen LogP contribution in [0.5, 0.6) is 0 Å². The first-order chi connectivity index (χ1) is 28.7. The Hall–Kier alpha value is -4.36. The van der Waals surface area contributed by atoms with Gasteiger partial charge in [-0.15, -0.1) is 0 Å². The van der Waals surface area contributed by atoms with Gasteiger partial charge in [0.05, 0.1) is 36.7 Å². The molecular formula is C33H44F2N10O14P2. The van der Waals surface area contributed by atoms with Crippen LogP contribution in [0.15, 0.2) is 25.3 Å². The normalized spacial score (nSPS) is 31.5. The van der Waals surface area contributed by atoms with Crippen LogP contribution < -0.4 is 11.5 Å². The van der Waals surface area contributed by atoms with E-state index in [9.17, 15) is 18.7 Å². The fourth-order valence-corrected chi connectivity index (χ4v) is 8.59. The van der Waals surface area contributed by atoms with Gasteiger partial charge in [-0.05, 0) is 41.5 Å². The number of anilines is 2. The Morgan fingerprint density at radius 1 is 0.738 bits per heavy atom. The van der Waals surface area contributed by atoms with E-state index in [1.165, 1.54) is 17.2 Å². The average molecular weight is 905 g/mol. The Labute approximate surface area is 345 Å². The summed E-state index contributed by atoms with van der Waals surface area (Å²) in [6.45, 7) is 5.76. The zero-order valence-electron chi connectivity index (χ0n) is 33.6. The van der Waals surface area contributed by atoms with Gasteiger partial charge in [-0.3, -0.25) is 36.9 Å². The van der Waals surface area contributed by atoms with Gasteiger partial charge in [0.1, 0.15) is 54.5 Å². The molecule has 61 heavy (non-hydrogen) atoms. The van der Waals surface area contributed by atoms with Crippen molar-refractivity contribution in [2.45, 2.75) is 90.8 Å². The van der Waals surface area contributed by atoms with Crippen LogP contribution in [0.3, 0.4) is 0 Å². The second-order valence-corrected chi connectivity index (χ2v) is 19.6. The molecule has 2 unspecified atom stereocenters. The summed E-state index contributed by atoms with van der Waals surface area (Å²) in [5.41, 5.74) is 10.2. The fourth-order valence-electron chi connectivity index (χ4n) is 6.17. The largest absolute Gasteiger partial charge is 0.478 e. The lowest BCUT2D eigenvalue weighted by molar-refractivity contribution is -0.161. The Morgan fingerprint density at radius 3 is 1.74 bits per heavy atom. The summed E-state index contributed by atoms with van der Waals surface area (Å²) in [6, 6.07) is 0. The monoisotopic (exact) mass is 904 g/mol. The van der Waals surface area contributed by atoms with Crippen molar-refractivity contribution in [2.24, 2.45) is 10.8 Å². The number of ether oxygens (including phenoxy) is 5. The third kappa shape index (κ3) is 9.38. The van der Waals surface area contributed by atoms with E-state index in [4.69, 9.17) is 57.8 Å². The molecule has 4 N–H and O–H groups in total. The van der Waals surface area contributed by atoms with Crippen LogP contribution >= 0.6 is 15.4 Å². The molecule has 7 rings (SSSR count). The van der Waals surface area contributed by atoms with Crippen LogP contribution in [0.25, 0.3) is 22.3 Å². The van der Waals surface area contributed by atoms with Gasteiger partial charge in [-0.25, -0.2) is 47.8 Å². The van der Waals surface area contributed by atoms with Crippen LogP contribution in [-0.4, -0.2) is 121 Å². The van der Waals surface area contributed by atoms with E-state index < -0.39 is 121 Å². The van der Waals surface area contributed by atoms with E-state index in [2.05, 4.69) is 29.9 Å². The third-order valence-corrected chi connectivity index (χ3v) is 12.3. The number of fused-ring (bicyclic) bond motifs is 4. The Kier molecular flexibility index (Phi) is 12.5. The molecule has 3 aliphatic rings. The van der Waals surface area contributed by atoms with Gasteiger partial charge in [0, 0.05) is 0 Å². The predicted molar refractivity (Wildman–Crippen MR) is 202 cm³/mol. The number of hydrogen-bond acceptors (Lipinski definition) is 22. The highest BCUT2D eigenvalue weighted by molar-refractivity contribution is 7.53. The van der Waals surface area contributed by atoms with Crippen molar-refractivity contribution in [3.63, 3.8) is 0 Å². The van der Waals surface area contributed by atoms with Crippen molar-refractivity contribution in [3.8, 4) is 0 Å². The Morgan fingerprint density at radius 2 is 1.21 bits per heavy atom. The SMILES string of the molecule is CC(C)(C)C(=O)OCOP1(=O)CO[C@H]2[C@@H](F)[C@H](n3cnc4c(N)ncnc43)O[C@@H]2COP(=O)(OCOC(=O)C(C)(C)C)O[C@H]2[C@@H](F)[C@H](n3cnc4c(N)ncnc43)O[C@@H]2CO1. The van der Waals surface area contributed by atoms with Crippen LogP contribution in [0, 0.1) is 10.8 Å². The summed E-state index contributed by atoms with van der Waals surface area (Å²) in [7, 11) is -9.77. The number of esters is 2. The molecule has 334 valence electrons. The molecule has 4 aromatic heterocycles. The number of phosphoric acid groups is 1. The molecular weight excluding hydrogens is 860 g/mol. The van der Waals surface area contributed by atoms with Crippen molar-refractivity contribution >= 4 is 61.3 Å². The molecule has 24 nitrogen and oxygen atoms in total. The topological polar surface area (TPSA) is 300 Å². The quantitative estimate of drug-likeness (QED) is 0.145. The molecule has 3 fully saturated rings. The van der Waals surface area contributed by atoms with Crippen molar-refractivity contribution < 1.29 is 73.8 Å². The Balaban J connectivity index is 1.24. The minimum atomic E-state index is -5.12. The number of alkyl halides is 2. The standard InChI is InChI=1S/C33H44F2N10O14P2/c1-32(2,3)30(46)50-13-55-60(48)15-52-22-16(57-28(18(22)34)44-11-42-20-24(36)38-9-40-26(20)44)8-54-61(49,56-14-51-31(47)33(4,5)6)59-23-17(7-53-60)58-29(19(23)35)45-12-43-21-25(37)39-10-41-27(21)45/h9-12,16-19,22-23,28-29H,7-8,13-15H2,1-6H3,(H2,36,38,40)(H2,37,39,41)/t16-,17-,18-,19-,22-,23-,28-,29-,60?,61?/m1/s1. The van der Waals surface area contributed by atoms with Gasteiger partial charge < -0.3 is 39.7 Å². The zero-order valence-corrected chi connectivity index (χ0v) is 35.4. The lowest BCUT2D eigenvalue weighted by Crippen LogP contribution is -2.35. The fraction of sp³-hybridized carbons (Fsp3) is 0.636. The number of imidazole rings is 2. The van der Waals surface area contributed by atoms with Gasteiger partial charge in [-0.1, -0.05) is 0 Å². The number of carbonyl (C=O) groups excluding carboxylic acids is 2. The number of nitrogens with two attached hydrogens (primary N) is 2. The van der Waals surface area contributed by atoms with E-state index in [-0.39, 0.29) is 34.0 Å². The number of carbonyl (C=O) groups is 2. The smallest absolute Gasteiger partial charge is 0.438 e. The highest BCUT2D eigenvalue weighted by atomic mass is 31.2. The van der Waals surface area contributed by atoms with Gasteiger partial charge >= 0.3 is 27.4 Å². The van der Waals surface area contributed by atoms with E-state index >= 15 is 8.78 Å². The number of aromatic nitrogens is 8. The third-order valence-electron chi connectivity index (χ3n) is 9.43. The molecule has 3 aliphatic heterocycles. The molecule has 0 spiro atoms. The number of hydrogen-bond donors (Lipinski definition) is 2. The Bertz CT molecular complexity index is 2360. The number of halogens is 2. The summed E-state index contributed by atoms with van der Waals surface area (Å²) >= 11 is 0. The number of nitrogens with zero attached hydrogens (tertiary/aromatic N) is 8. The van der Waals surface area contributed by atoms with Crippen LogP contribution in [0.2, 0.25) is 0 Å². The second kappa shape index (κ2) is 17.1. The second-order valence-electron chi connectivity index (χ2n) is 16.0. The molecule has 10 atom stereocenters. The summed E-state index contributed by atoms with van der Waals surface area (Å²) in [5, 5.41) is 0. The van der Waals surface area contributed by atoms with Gasteiger partial charge in [0.15, 0.2) is 47.7 Å². The lowest BCUT2D eigenvalue weighted by atomic mass is 9.98. The zero-order chi connectivity index (χ0) is 44.1. The first kappa shape index (κ1) is 44.7. The predicted octanol–water partition coefficient (Wildman–Crippen LogP) is 3.50. The maximum absolute atomic E-state index is 16.9. The molecule has 0 bridgehead atoms. The maximum atomic E-state index is 16.9. The van der Waals surface area contributed by atoms with Gasteiger partial charge in [0.2, 0.25) is 13.6 Å². The molecule has 3 saturated heterocycles. The van der Waals surface area contributed by atoms with Crippen molar-refractivity contribution in [3.05, 3.63) is 25.3 Å². The average Bonchev–Trinajstić information content (AvgIpc) is 3.96. The summed E-state index contributed by atoms with van der Waals surface area (Å²) < 4.78 is 121. The molecule has 0 aromatic carbocycles. The number of phosphoric ester groups is 1. The first-order valence-electron chi connectivity index (χ1n) is 18.5. The van der Waals surface area contributed by atoms with E-state index in [1.807, 2.05) is 0 Å². The van der Waals surface area contributed by atoms with E-state index in [1.54, 1.807) is 41.5 Å². The molecule has 0 saturated carbocycles. The molecule has 7 heterocycles. The summed E-state index contributed by atoms with van der Waals surface area (Å²) in [5.74, 6) is -1.53. The number of rotatable bonds is 8. The van der Waals surface area contributed by atoms with Crippen LogP contribution in [0.1, 0.15) is 54.0 Å². The molecule has 0 amide bonds. The summed E-state index contributed by atoms with van der Waals surface area (Å²) in [6.07, 6.45) is -10.8.